The third-order valence-electron chi connectivity index (χ3n) is 2.72. The highest BCUT2D eigenvalue weighted by Crippen LogP contribution is 2.40. The Morgan fingerprint density at radius 3 is 2.65 bits per heavy atom. The zero-order chi connectivity index (χ0) is 14.8. The fourth-order valence-electron chi connectivity index (χ4n) is 1.92. The van der Waals surface area contributed by atoms with Gasteiger partial charge in [0, 0.05) is 6.42 Å². The zero-order valence-electron chi connectivity index (χ0n) is 11.9. The highest BCUT2D eigenvalue weighted by Gasteiger charge is 2.25. The highest BCUT2D eigenvalue weighted by molar-refractivity contribution is 6.69. The molecular weight excluding hydrogens is 294 g/mol. The maximum atomic E-state index is 9.33. The van der Waals surface area contributed by atoms with E-state index in [1.54, 1.807) is 12.1 Å². The molecule has 0 radical (unpaired) electrons. The van der Waals surface area contributed by atoms with Crippen LogP contribution in [0.25, 0.3) is 0 Å². The van der Waals surface area contributed by atoms with E-state index >= 15 is 0 Å². The van der Waals surface area contributed by atoms with Gasteiger partial charge in [-0.15, -0.1) is 0 Å². The third kappa shape index (κ3) is 3.66. The Morgan fingerprint density at radius 2 is 2.00 bits per heavy atom. The van der Waals surface area contributed by atoms with Crippen LogP contribution in [0.5, 0.6) is 11.5 Å². The lowest BCUT2D eigenvalue weighted by molar-refractivity contribution is 0.253. The average Bonchev–Trinajstić information content (AvgIpc) is 2.60. The van der Waals surface area contributed by atoms with E-state index in [0.29, 0.717) is 35.3 Å². The zero-order valence-corrected chi connectivity index (χ0v) is 13.7. The maximum Gasteiger partial charge on any atom is 0.186 e. The normalized spacial score (nSPS) is 16.1. The number of rotatable bonds is 3. The summed E-state index contributed by atoms with van der Waals surface area (Å²) in [4.78, 5) is 0. The number of halogens is 1. The summed E-state index contributed by atoms with van der Waals surface area (Å²) in [6, 6.07) is 5.70. The number of nitriles is 1. The maximum absolute atomic E-state index is 9.33. The summed E-state index contributed by atoms with van der Waals surface area (Å²) in [6.45, 7) is 7.30. The van der Waals surface area contributed by atoms with E-state index in [0.717, 1.165) is 6.42 Å². The van der Waals surface area contributed by atoms with Crippen LogP contribution in [0.1, 0.15) is 18.1 Å². The molecule has 0 aromatic heterocycles. The van der Waals surface area contributed by atoms with Crippen molar-refractivity contribution in [2.75, 3.05) is 13.2 Å². The predicted octanol–water partition coefficient (Wildman–Crippen LogP) is 3.92. The second-order valence-corrected chi connectivity index (χ2v) is 10.5. The lowest BCUT2D eigenvalue weighted by Gasteiger charge is -2.22. The Bertz CT molecular complexity index is 536. The summed E-state index contributed by atoms with van der Waals surface area (Å²) in [7, 11) is -1.82. The topological polar surface area (TPSA) is 51.5 Å². The number of hydrogen-bond acceptors (Lipinski definition) is 4. The van der Waals surface area contributed by atoms with Crippen molar-refractivity contribution in [3.8, 4) is 17.6 Å². The minimum absolute atomic E-state index is 0.457. The molecule has 0 bridgehead atoms. The van der Waals surface area contributed by atoms with Crippen molar-refractivity contribution in [2.24, 2.45) is 0 Å². The van der Waals surface area contributed by atoms with E-state index in [-0.39, 0.29) is 0 Å². The first kappa shape index (κ1) is 15.2. The molecular formula is C14H18ClNO3Si. The molecule has 1 aliphatic heterocycles. The molecule has 1 aliphatic rings. The van der Waals surface area contributed by atoms with Gasteiger partial charge in [0.1, 0.15) is 0 Å². The molecule has 1 atom stereocenters. The minimum atomic E-state index is -1.82. The predicted molar refractivity (Wildman–Crippen MR) is 79.8 cm³/mol. The Morgan fingerprint density at radius 1 is 1.30 bits per heavy atom. The van der Waals surface area contributed by atoms with E-state index in [1.807, 2.05) is 19.6 Å². The number of fused-ring (bicyclic) bond motifs is 1. The molecule has 1 unspecified atom stereocenters. The number of nitrogens with zero attached hydrogens (tertiary/aromatic N) is 1. The van der Waals surface area contributed by atoms with E-state index in [4.69, 9.17) is 25.5 Å². The second kappa shape index (κ2) is 6.04. The Hall–Kier alpha value is -1.22. The van der Waals surface area contributed by atoms with Gasteiger partial charge in [-0.2, -0.15) is 5.26 Å². The molecule has 108 valence electrons. The van der Waals surface area contributed by atoms with E-state index in [2.05, 4.69) is 6.07 Å². The quantitative estimate of drug-likeness (QED) is 0.794. The molecule has 20 heavy (non-hydrogen) atoms. The Labute approximate surface area is 125 Å². The molecule has 0 amide bonds. The van der Waals surface area contributed by atoms with Crippen molar-refractivity contribution in [3.05, 3.63) is 22.7 Å². The van der Waals surface area contributed by atoms with Gasteiger partial charge in [-0.3, -0.25) is 0 Å². The summed E-state index contributed by atoms with van der Waals surface area (Å²) in [5, 5.41) is 9.78. The fraction of sp³-hybridized carbons (Fsp3) is 0.500. The van der Waals surface area contributed by atoms with Crippen LogP contribution in [0.2, 0.25) is 24.7 Å². The lowest BCUT2D eigenvalue weighted by Crippen LogP contribution is -2.27. The lowest BCUT2D eigenvalue weighted by atomic mass is 10.1. The van der Waals surface area contributed by atoms with Crippen molar-refractivity contribution < 1.29 is 13.9 Å². The highest BCUT2D eigenvalue weighted by atomic mass is 35.5. The molecule has 1 heterocycles. The van der Waals surface area contributed by atoms with Gasteiger partial charge < -0.3 is 13.9 Å². The largest absolute Gasteiger partial charge is 0.489 e. The van der Waals surface area contributed by atoms with Gasteiger partial charge in [0.15, 0.2) is 25.9 Å². The summed E-state index contributed by atoms with van der Waals surface area (Å²) in [5.74, 6) is 1.14. The van der Waals surface area contributed by atoms with Gasteiger partial charge >= 0.3 is 0 Å². The molecule has 1 aromatic rings. The monoisotopic (exact) mass is 311 g/mol. The number of ether oxygens (including phenoxy) is 2. The smallest absolute Gasteiger partial charge is 0.186 e. The molecule has 0 saturated heterocycles. The number of benzene rings is 1. The van der Waals surface area contributed by atoms with E-state index in [1.165, 1.54) is 0 Å². The minimum Gasteiger partial charge on any atom is -0.489 e. The molecule has 2 rings (SSSR count). The molecule has 4 nitrogen and oxygen atoms in total. The van der Waals surface area contributed by atoms with Crippen LogP contribution in [-0.4, -0.2) is 21.5 Å². The average molecular weight is 312 g/mol. The fourth-order valence-corrected chi connectivity index (χ4v) is 3.09. The van der Waals surface area contributed by atoms with Crippen LogP contribution in [0.3, 0.4) is 0 Å². The molecule has 1 aromatic carbocycles. The first-order valence-electron chi connectivity index (χ1n) is 6.57. The Balaban J connectivity index is 2.35. The summed E-state index contributed by atoms with van der Waals surface area (Å²) in [5.41, 5.74) is 0.712. The molecule has 0 N–H and O–H groups in total. The van der Waals surface area contributed by atoms with Crippen molar-refractivity contribution in [3.63, 3.8) is 0 Å². The van der Waals surface area contributed by atoms with E-state index < -0.39 is 14.4 Å². The molecule has 0 spiro atoms. The second-order valence-electron chi connectivity index (χ2n) is 5.62. The van der Waals surface area contributed by atoms with Crippen molar-refractivity contribution in [2.45, 2.75) is 32.2 Å². The van der Waals surface area contributed by atoms with E-state index in [9.17, 15) is 5.26 Å². The molecule has 6 heteroatoms. The molecule has 0 aliphatic carbocycles. The van der Waals surface area contributed by atoms with Gasteiger partial charge in [0.2, 0.25) is 0 Å². The van der Waals surface area contributed by atoms with Crippen molar-refractivity contribution in [1.82, 2.24) is 0 Å². The van der Waals surface area contributed by atoms with Gasteiger partial charge in [0.25, 0.3) is 0 Å². The third-order valence-corrected chi connectivity index (χ3v) is 3.94. The van der Waals surface area contributed by atoms with Gasteiger partial charge in [-0.25, -0.2) is 0 Å². The Kier molecular flexibility index (Phi) is 4.58. The van der Waals surface area contributed by atoms with Crippen LogP contribution in [0.4, 0.5) is 0 Å². The van der Waals surface area contributed by atoms with Gasteiger partial charge in [-0.1, -0.05) is 11.6 Å². The van der Waals surface area contributed by atoms with Crippen molar-refractivity contribution >= 4 is 19.9 Å². The van der Waals surface area contributed by atoms with Gasteiger partial charge in [-0.05, 0) is 37.3 Å². The first-order valence-corrected chi connectivity index (χ1v) is 10.4. The summed E-state index contributed by atoms with van der Waals surface area (Å²) in [6.07, 6.45) is 0.185. The van der Waals surface area contributed by atoms with Crippen LogP contribution in [0, 0.1) is 11.3 Å². The molecule has 0 saturated carbocycles. The summed E-state index contributed by atoms with van der Waals surface area (Å²) < 4.78 is 17.1. The summed E-state index contributed by atoms with van der Waals surface area (Å²) >= 11 is 6.23. The first-order chi connectivity index (χ1) is 9.40. The number of hydrogen-bond donors (Lipinski definition) is 0. The van der Waals surface area contributed by atoms with Crippen molar-refractivity contribution in [1.29, 1.82) is 5.26 Å². The van der Waals surface area contributed by atoms with Crippen LogP contribution >= 0.6 is 11.6 Å². The van der Waals surface area contributed by atoms with Crippen LogP contribution in [0.15, 0.2) is 12.1 Å². The molecule has 0 fully saturated rings. The van der Waals surface area contributed by atoms with Crippen LogP contribution < -0.4 is 9.47 Å². The van der Waals surface area contributed by atoms with Crippen LogP contribution in [-0.2, 0) is 4.43 Å². The standard InChI is InChI=1S/C14H18ClNO3Si/c1-20(2,3)19-13(9-16)10-7-11(15)14-12(8-10)17-5-4-6-18-14/h7-8,13H,4-6H2,1-3H3. The SMILES string of the molecule is C[Si](C)(C)OC(C#N)c1cc(Cl)c2c(c1)OCCCO2. The van der Waals surface area contributed by atoms with Gasteiger partial charge in [0.05, 0.1) is 24.3 Å².